The van der Waals surface area contributed by atoms with E-state index in [9.17, 15) is 23.1 Å². The number of carbonyl (C=O) groups excluding carboxylic acids is 1. The number of amides is 1. The highest BCUT2D eigenvalue weighted by Crippen LogP contribution is 2.20. The van der Waals surface area contributed by atoms with Gasteiger partial charge < -0.3 is 15.2 Å². The summed E-state index contributed by atoms with van der Waals surface area (Å²) in [6.45, 7) is -0.469. The molecule has 0 aliphatic rings. The van der Waals surface area contributed by atoms with Gasteiger partial charge in [-0.25, -0.2) is 8.42 Å². The Morgan fingerprint density at radius 1 is 1.33 bits per heavy atom. The number of likely N-dealkylation sites (N-methyl/N-ethyl adjacent to an activating group) is 1. The fourth-order valence-electron chi connectivity index (χ4n) is 2.00. The molecule has 0 heterocycles. The van der Waals surface area contributed by atoms with Crippen LogP contribution >= 0.6 is 0 Å². The number of benzene rings is 1. The van der Waals surface area contributed by atoms with Gasteiger partial charge in [-0.15, -0.1) is 0 Å². The standard InChI is InChI=1S/C15H22N2O6S/c1-17(24(3,21)22)10-14(18)16-9-12(15(19)20)8-11-6-4-5-7-13(11)23-2/h4-7,12H,8-10H2,1-3H3,(H,16,18)(H,19,20). The van der Waals surface area contributed by atoms with Gasteiger partial charge in [0.25, 0.3) is 0 Å². The van der Waals surface area contributed by atoms with Gasteiger partial charge >= 0.3 is 5.97 Å². The molecule has 0 saturated carbocycles. The molecular formula is C15H22N2O6S. The molecule has 0 bridgehead atoms. The van der Waals surface area contributed by atoms with Crippen LogP contribution in [0, 0.1) is 5.92 Å². The molecule has 0 aliphatic carbocycles. The number of sulfonamides is 1. The lowest BCUT2D eigenvalue weighted by Crippen LogP contribution is -2.41. The lowest BCUT2D eigenvalue weighted by Gasteiger charge is -2.17. The summed E-state index contributed by atoms with van der Waals surface area (Å²) in [5.41, 5.74) is 0.718. The molecule has 24 heavy (non-hydrogen) atoms. The third-order valence-electron chi connectivity index (χ3n) is 3.49. The molecule has 1 aromatic rings. The summed E-state index contributed by atoms with van der Waals surface area (Å²) in [7, 11) is -0.697. The number of para-hydroxylation sites is 1. The van der Waals surface area contributed by atoms with Gasteiger partial charge in [-0.3, -0.25) is 9.59 Å². The molecule has 1 rings (SSSR count). The first-order chi connectivity index (χ1) is 11.1. The first kappa shape index (κ1) is 19.9. The van der Waals surface area contributed by atoms with Crippen molar-refractivity contribution in [2.45, 2.75) is 6.42 Å². The first-order valence-corrected chi connectivity index (χ1v) is 9.02. The summed E-state index contributed by atoms with van der Waals surface area (Å²) in [4.78, 5) is 23.2. The SMILES string of the molecule is COc1ccccc1CC(CNC(=O)CN(C)S(C)(=O)=O)C(=O)O. The minimum atomic E-state index is -3.47. The highest BCUT2D eigenvalue weighted by Gasteiger charge is 2.22. The van der Waals surface area contributed by atoms with Crippen molar-refractivity contribution in [2.24, 2.45) is 5.92 Å². The Hall–Kier alpha value is -2.13. The summed E-state index contributed by atoms with van der Waals surface area (Å²) in [6.07, 6.45) is 1.17. The van der Waals surface area contributed by atoms with E-state index in [4.69, 9.17) is 4.74 Å². The molecule has 134 valence electrons. The largest absolute Gasteiger partial charge is 0.496 e. The number of carboxylic acid groups (broad SMARTS) is 1. The number of methoxy groups -OCH3 is 1. The Balaban J connectivity index is 2.67. The number of nitrogens with one attached hydrogen (secondary N) is 1. The minimum absolute atomic E-state index is 0.107. The number of nitrogens with zero attached hydrogens (tertiary/aromatic N) is 1. The Kier molecular flexibility index (Phi) is 7.18. The molecule has 2 N–H and O–H groups in total. The molecule has 0 radical (unpaired) electrons. The highest BCUT2D eigenvalue weighted by atomic mass is 32.2. The summed E-state index contributed by atoms with van der Waals surface area (Å²) in [5.74, 6) is -1.90. The maximum Gasteiger partial charge on any atom is 0.308 e. The smallest absolute Gasteiger partial charge is 0.308 e. The van der Waals surface area contributed by atoms with Crippen molar-refractivity contribution in [3.05, 3.63) is 29.8 Å². The molecule has 0 saturated heterocycles. The van der Waals surface area contributed by atoms with E-state index in [0.29, 0.717) is 5.75 Å². The van der Waals surface area contributed by atoms with Crippen LogP contribution in [0.5, 0.6) is 5.75 Å². The number of carbonyl (C=O) groups is 2. The van der Waals surface area contributed by atoms with E-state index in [2.05, 4.69) is 5.32 Å². The van der Waals surface area contributed by atoms with E-state index < -0.39 is 27.8 Å². The number of hydrogen-bond acceptors (Lipinski definition) is 5. The third-order valence-corrected chi connectivity index (χ3v) is 4.75. The van der Waals surface area contributed by atoms with Crippen molar-refractivity contribution in [1.82, 2.24) is 9.62 Å². The molecule has 0 aliphatic heterocycles. The van der Waals surface area contributed by atoms with Crippen molar-refractivity contribution >= 4 is 21.9 Å². The predicted molar refractivity (Wildman–Crippen MR) is 88.3 cm³/mol. The van der Waals surface area contributed by atoms with Crippen LogP contribution in [-0.4, -0.2) is 63.2 Å². The average molecular weight is 358 g/mol. The normalized spacial score (nSPS) is 12.7. The van der Waals surface area contributed by atoms with Crippen LogP contribution < -0.4 is 10.1 Å². The third kappa shape index (κ3) is 6.17. The van der Waals surface area contributed by atoms with E-state index in [1.54, 1.807) is 24.3 Å². The van der Waals surface area contributed by atoms with E-state index >= 15 is 0 Å². The maximum atomic E-state index is 11.8. The van der Waals surface area contributed by atoms with Crippen LogP contribution in [0.2, 0.25) is 0 Å². The second kappa shape index (κ2) is 8.65. The predicted octanol–water partition coefficient (Wildman–Crippen LogP) is -0.0539. The van der Waals surface area contributed by atoms with Gasteiger partial charge in [-0.1, -0.05) is 18.2 Å². The van der Waals surface area contributed by atoms with Gasteiger partial charge in [0.2, 0.25) is 15.9 Å². The molecule has 0 aromatic heterocycles. The van der Waals surface area contributed by atoms with E-state index in [1.807, 2.05) is 0 Å². The monoisotopic (exact) mass is 358 g/mol. The zero-order chi connectivity index (χ0) is 18.3. The lowest BCUT2D eigenvalue weighted by molar-refractivity contribution is -0.141. The molecular weight excluding hydrogens is 336 g/mol. The van der Waals surface area contributed by atoms with Crippen molar-refractivity contribution in [1.29, 1.82) is 0 Å². The maximum absolute atomic E-state index is 11.8. The van der Waals surface area contributed by atoms with Gasteiger partial charge in [-0.05, 0) is 18.1 Å². The number of hydrogen-bond donors (Lipinski definition) is 2. The highest BCUT2D eigenvalue weighted by molar-refractivity contribution is 7.88. The summed E-state index contributed by atoms with van der Waals surface area (Å²) >= 11 is 0. The van der Waals surface area contributed by atoms with Crippen LogP contribution in [-0.2, 0) is 26.0 Å². The van der Waals surface area contributed by atoms with Crippen LogP contribution in [0.15, 0.2) is 24.3 Å². The van der Waals surface area contributed by atoms with Crippen LogP contribution in [0.1, 0.15) is 5.56 Å². The molecule has 1 unspecified atom stereocenters. The Morgan fingerprint density at radius 2 is 1.96 bits per heavy atom. The average Bonchev–Trinajstić information content (AvgIpc) is 2.50. The Morgan fingerprint density at radius 3 is 2.50 bits per heavy atom. The first-order valence-electron chi connectivity index (χ1n) is 7.18. The molecule has 8 nitrogen and oxygen atoms in total. The number of carboxylic acids is 1. The van der Waals surface area contributed by atoms with Gasteiger partial charge in [0.15, 0.2) is 0 Å². The van der Waals surface area contributed by atoms with Gasteiger partial charge in [-0.2, -0.15) is 4.31 Å². The lowest BCUT2D eigenvalue weighted by atomic mass is 9.98. The van der Waals surface area contributed by atoms with Crippen LogP contribution in [0.3, 0.4) is 0 Å². The van der Waals surface area contributed by atoms with Crippen molar-refractivity contribution in [3.63, 3.8) is 0 Å². The Bertz CT molecular complexity index is 689. The van der Waals surface area contributed by atoms with Crippen molar-refractivity contribution in [2.75, 3.05) is 33.5 Å². The van der Waals surface area contributed by atoms with Crippen LogP contribution in [0.25, 0.3) is 0 Å². The van der Waals surface area contributed by atoms with E-state index in [1.165, 1.54) is 14.2 Å². The topological polar surface area (TPSA) is 113 Å². The quantitative estimate of drug-likeness (QED) is 0.640. The summed E-state index contributed by atoms with van der Waals surface area (Å²) in [6, 6.07) is 7.04. The molecule has 0 spiro atoms. The van der Waals surface area contributed by atoms with Crippen molar-refractivity contribution < 1.29 is 27.9 Å². The fraction of sp³-hybridized carbons (Fsp3) is 0.467. The molecule has 1 atom stereocenters. The number of ether oxygens (including phenoxy) is 1. The number of rotatable bonds is 9. The Labute approximate surface area is 141 Å². The van der Waals surface area contributed by atoms with Crippen LogP contribution in [0.4, 0.5) is 0 Å². The molecule has 0 fully saturated rings. The zero-order valence-electron chi connectivity index (χ0n) is 13.9. The minimum Gasteiger partial charge on any atom is -0.496 e. The molecule has 1 aromatic carbocycles. The van der Waals surface area contributed by atoms with Gasteiger partial charge in [0.1, 0.15) is 5.75 Å². The van der Waals surface area contributed by atoms with Gasteiger partial charge in [0, 0.05) is 13.6 Å². The van der Waals surface area contributed by atoms with Crippen molar-refractivity contribution in [3.8, 4) is 5.75 Å². The summed E-state index contributed by atoms with van der Waals surface area (Å²) < 4.78 is 28.6. The summed E-state index contributed by atoms with van der Waals surface area (Å²) in [5, 5.41) is 11.8. The fourth-order valence-corrected chi connectivity index (χ4v) is 2.35. The van der Waals surface area contributed by atoms with E-state index in [0.717, 1.165) is 16.1 Å². The number of aliphatic carboxylic acids is 1. The zero-order valence-corrected chi connectivity index (χ0v) is 14.7. The molecule has 9 heteroatoms. The second-order valence-electron chi connectivity index (χ2n) is 5.37. The van der Waals surface area contributed by atoms with Gasteiger partial charge in [0.05, 0.1) is 25.8 Å². The van der Waals surface area contributed by atoms with E-state index in [-0.39, 0.29) is 19.5 Å². The molecule has 1 amide bonds. The second-order valence-corrected chi connectivity index (χ2v) is 7.46.